The molecule has 0 aliphatic carbocycles. The number of halogens is 3. The number of aromatic nitrogens is 2. The smallest absolute Gasteiger partial charge is 0.277 e. The van der Waals surface area contributed by atoms with Gasteiger partial charge < -0.3 is 0 Å². The van der Waals surface area contributed by atoms with Gasteiger partial charge in [-0.25, -0.2) is 8.42 Å². The zero-order valence-corrected chi connectivity index (χ0v) is 8.84. The van der Waals surface area contributed by atoms with Crippen LogP contribution < -0.4 is 4.89 Å². The van der Waals surface area contributed by atoms with Gasteiger partial charge in [-0.05, 0) is 0 Å². The fraction of sp³-hybridized carbons (Fsp3) is 0.500. The molecule has 0 atom stereocenters. The average Bonchev–Trinajstić information content (AvgIpc) is 2.49. The van der Waals surface area contributed by atoms with Crippen LogP contribution in [-0.2, 0) is 21.9 Å². The molecule has 0 radical (unpaired) electrons. The Bertz CT molecular complexity index is 453. The summed E-state index contributed by atoms with van der Waals surface area (Å²) in [6.07, 6.45) is -2.49. The quantitative estimate of drug-likeness (QED) is 0.783. The Kier molecular flexibility index (Phi) is 3.55. The molecule has 0 saturated carbocycles. The lowest BCUT2D eigenvalue weighted by Gasteiger charge is -2.07. The lowest BCUT2D eigenvalue weighted by molar-refractivity contribution is -0.181. The van der Waals surface area contributed by atoms with E-state index in [-0.39, 0.29) is 4.90 Å². The van der Waals surface area contributed by atoms with Gasteiger partial charge in [-0.15, -0.1) is 0 Å². The molecule has 0 fully saturated rings. The predicted molar refractivity (Wildman–Crippen MR) is 45.5 cm³/mol. The van der Waals surface area contributed by atoms with Gasteiger partial charge >= 0.3 is 6.18 Å². The lowest BCUT2D eigenvalue weighted by Crippen LogP contribution is -2.29. The summed E-state index contributed by atoms with van der Waals surface area (Å²) in [6.45, 7) is -1.70. The van der Waals surface area contributed by atoms with E-state index in [0.717, 1.165) is 12.4 Å². The molecule has 0 aromatic carbocycles. The van der Waals surface area contributed by atoms with Gasteiger partial charge in [-0.3, -0.25) is 9.52 Å². The predicted octanol–water partition coefficient (Wildman–Crippen LogP) is 0.192. The van der Waals surface area contributed by atoms with Crippen LogP contribution in [0.5, 0.6) is 0 Å². The van der Waals surface area contributed by atoms with Gasteiger partial charge in [0.25, 0.3) is 10.0 Å². The molecule has 10 heteroatoms. The maximum absolute atomic E-state index is 11.7. The molecule has 0 bridgehead atoms. The van der Waals surface area contributed by atoms with Crippen molar-refractivity contribution in [2.45, 2.75) is 11.1 Å². The molecule has 1 heterocycles. The SMILES string of the molecule is Cn1cc(S(=O)(=O)NOCC(F)(F)F)cn1. The maximum atomic E-state index is 11.7. The summed E-state index contributed by atoms with van der Waals surface area (Å²) in [5, 5.41) is 3.56. The Hall–Kier alpha value is -1.13. The Morgan fingerprint density at radius 3 is 2.62 bits per heavy atom. The molecular weight excluding hydrogens is 251 g/mol. The van der Waals surface area contributed by atoms with E-state index < -0.39 is 22.8 Å². The fourth-order valence-electron chi connectivity index (χ4n) is 0.775. The van der Waals surface area contributed by atoms with Crippen molar-refractivity contribution >= 4 is 10.0 Å². The van der Waals surface area contributed by atoms with Crippen LogP contribution in [0.25, 0.3) is 0 Å². The topological polar surface area (TPSA) is 73.2 Å². The van der Waals surface area contributed by atoms with Crippen molar-refractivity contribution in [1.29, 1.82) is 0 Å². The van der Waals surface area contributed by atoms with Crippen LogP contribution in [0.1, 0.15) is 0 Å². The molecule has 0 aliphatic heterocycles. The molecule has 16 heavy (non-hydrogen) atoms. The third-order valence-electron chi connectivity index (χ3n) is 1.40. The number of rotatable bonds is 4. The molecule has 0 aliphatic rings. The average molecular weight is 259 g/mol. The van der Waals surface area contributed by atoms with E-state index in [1.807, 2.05) is 0 Å². The number of nitrogens with one attached hydrogen (secondary N) is 1. The van der Waals surface area contributed by atoms with Gasteiger partial charge in [0.1, 0.15) is 4.90 Å². The maximum Gasteiger partial charge on any atom is 0.413 e. The van der Waals surface area contributed by atoms with Crippen LogP contribution in [0, 0.1) is 0 Å². The third kappa shape index (κ3) is 3.79. The van der Waals surface area contributed by atoms with E-state index in [2.05, 4.69) is 9.94 Å². The Labute approximate surface area is 89.0 Å². The summed E-state index contributed by atoms with van der Waals surface area (Å²) >= 11 is 0. The normalized spacial score (nSPS) is 13.0. The van der Waals surface area contributed by atoms with Gasteiger partial charge in [0.2, 0.25) is 0 Å². The van der Waals surface area contributed by atoms with Crippen molar-refractivity contribution in [1.82, 2.24) is 14.7 Å². The Balaban J connectivity index is 2.60. The van der Waals surface area contributed by atoms with Gasteiger partial charge in [0, 0.05) is 13.2 Å². The minimum absolute atomic E-state index is 0.280. The van der Waals surface area contributed by atoms with Crippen molar-refractivity contribution in [2.24, 2.45) is 7.05 Å². The van der Waals surface area contributed by atoms with E-state index in [9.17, 15) is 21.6 Å². The number of nitrogens with zero attached hydrogens (tertiary/aromatic N) is 2. The molecule has 92 valence electrons. The highest BCUT2D eigenvalue weighted by Crippen LogP contribution is 2.14. The highest BCUT2D eigenvalue weighted by Gasteiger charge is 2.29. The highest BCUT2D eigenvalue weighted by molar-refractivity contribution is 7.89. The van der Waals surface area contributed by atoms with Crippen molar-refractivity contribution in [3.8, 4) is 0 Å². The zero-order valence-electron chi connectivity index (χ0n) is 8.02. The first kappa shape index (κ1) is 12.9. The van der Waals surface area contributed by atoms with E-state index in [4.69, 9.17) is 0 Å². The molecular formula is C6H8F3N3O3S. The summed E-state index contributed by atoms with van der Waals surface area (Å²) in [6, 6.07) is 0. The minimum Gasteiger partial charge on any atom is -0.277 e. The first-order valence-corrected chi connectivity index (χ1v) is 5.38. The lowest BCUT2D eigenvalue weighted by atomic mass is 10.7. The first-order chi connectivity index (χ1) is 7.21. The second-order valence-electron chi connectivity index (χ2n) is 2.84. The Morgan fingerprint density at radius 2 is 2.19 bits per heavy atom. The van der Waals surface area contributed by atoms with Crippen LogP contribution in [0.3, 0.4) is 0 Å². The molecule has 0 spiro atoms. The molecule has 6 nitrogen and oxygen atoms in total. The zero-order chi connectivity index (χ0) is 12.4. The van der Waals surface area contributed by atoms with Crippen molar-refractivity contribution in [2.75, 3.05) is 6.61 Å². The minimum atomic E-state index is -4.60. The Morgan fingerprint density at radius 1 is 1.56 bits per heavy atom. The molecule has 1 rings (SSSR count). The summed E-state index contributed by atoms with van der Waals surface area (Å²) in [4.78, 5) is 4.89. The fourth-order valence-corrected chi connectivity index (χ4v) is 1.56. The summed E-state index contributed by atoms with van der Waals surface area (Å²) in [5.41, 5.74) is 0. The molecule has 0 unspecified atom stereocenters. The van der Waals surface area contributed by atoms with Gasteiger partial charge in [-0.2, -0.15) is 18.3 Å². The van der Waals surface area contributed by atoms with Gasteiger partial charge in [0.15, 0.2) is 6.61 Å². The third-order valence-corrected chi connectivity index (χ3v) is 2.56. The van der Waals surface area contributed by atoms with Crippen LogP contribution >= 0.6 is 0 Å². The number of aryl methyl sites for hydroxylation is 1. The molecule has 0 saturated heterocycles. The second kappa shape index (κ2) is 4.39. The van der Waals surface area contributed by atoms with Crippen LogP contribution in [0.15, 0.2) is 17.3 Å². The molecule has 1 N–H and O–H groups in total. The number of alkyl halides is 3. The molecule has 0 amide bonds. The van der Waals surface area contributed by atoms with Gasteiger partial charge in [0.05, 0.1) is 6.20 Å². The van der Waals surface area contributed by atoms with E-state index in [1.165, 1.54) is 16.6 Å². The number of sulfonamides is 1. The van der Waals surface area contributed by atoms with Gasteiger partial charge in [-0.1, -0.05) is 4.89 Å². The number of hydrogen-bond donors (Lipinski definition) is 1. The van der Waals surface area contributed by atoms with Crippen molar-refractivity contribution in [3.05, 3.63) is 12.4 Å². The van der Waals surface area contributed by atoms with Crippen molar-refractivity contribution in [3.63, 3.8) is 0 Å². The largest absolute Gasteiger partial charge is 0.413 e. The van der Waals surface area contributed by atoms with Crippen LogP contribution in [-0.4, -0.2) is 31.0 Å². The van der Waals surface area contributed by atoms with Crippen LogP contribution in [0.2, 0.25) is 0 Å². The summed E-state index contributed by atoms with van der Waals surface area (Å²) < 4.78 is 58.7. The monoisotopic (exact) mass is 259 g/mol. The van der Waals surface area contributed by atoms with Crippen molar-refractivity contribution < 1.29 is 26.4 Å². The van der Waals surface area contributed by atoms with E-state index in [0.29, 0.717) is 0 Å². The molecule has 1 aromatic rings. The van der Waals surface area contributed by atoms with E-state index >= 15 is 0 Å². The summed E-state index contributed by atoms with van der Waals surface area (Å²) in [5.74, 6) is 0. The van der Waals surface area contributed by atoms with Crippen LogP contribution in [0.4, 0.5) is 13.2 Å². The first-order valence-electron chi connectivity index (χ1n) is 3.90. The highest BCUT2D eigenvalue weighted by atomic mass is 32.2. The second-order valence-corrected chi connectivity index (χ2v) is 4.49. The standard InChI is InChI=1S/C6H8F3N3O3S/c1-12-3-5(2-10-12)16(13,14)11-15-4-6(7,8)9/h2-3,11H,4H2,1H3. The number of hydrogen-bond acceptors (Lipinski definition) is 4. The molecule has 1 aromatic heterocycles. The van der Waals surface area contributed by atoms with E-state index in [1.54, 1.807) is 0 Å². The summed E-state index contributed by atoms with van der Waals surface area (Å²) in [7, 11) is -2.65.